The average Bonchev–Trinajstić information content (AvgIpc) is 2.26. The lowest BCUT2D eigenvalue weighted by Gasteiger charge is -2.25. The van der Waals surface area contributed by atoms with E-state index in [4.69, 9.17) is 0 Å². The van der Waals surface area contributed by atoms with Crippen molar-refractivity contribution in [3.8, 4) is 0 Å². The predicted octanol–water partition coefficient (Wildman–Crippen LogP) is 3.04. The SMILES string of the molecule is CCSc1ccc(CCN(C)CC(C)(C)O)cc1. The van der Waals surface area contributed by atoms with Gasteiger partial charge in [0, 0.05) is 18.0 Å². The van der Waals surface area contributed by atoms with Crippen LogP contribution in [0.25, 0.3) is 0 Å². The molecule has 1 aromatic carbocycles. The van der Waals surface area contributed by atoms with Gasteiger partial charge >= 0.3 is 0 Å². The predicted molar refractivity (Wildman–Crippen MR) is 80.3 cm³/mol. The summed E-state index contributed by atoms with van der Waals surface area (Å²) in [5.41, 5.74) is 0.745. The molecule has 0 saturated carbocycles. The standard InChI is InChI=1S/C15H25NOS/c1-5-18-14-8-6-13(7-9-14)10-11-16(4)12-15(2,3)17/h6-9,17H,5,10-12H2,1-4H3. The van der Waals surface area contributed by atoms with Crippen molar-refractivity contribution in [3.05, 3.63) is 29.8 Å². The van der Waals surface area contributed by atoms with Crippen LogP contribution in [0.3, 0.4) is 0 Å². The highest BCUT2D eigenvalue weighted by Gasteiger charge is 2.15. The molecule has 0 fully saturated rings. The Morgan fingerprint density at radius 2 is 1.83 bits per heavy atom. The van der Waals surface area contributed by atoms with Gasteiger partial charge in [-0.15, -0.1) is 11.8 Å². The minimum atomic E-state index is -0.615. The molecular formula is C15H25NOS. The zero-order valence-electron chi connectivity index (χ0n) is 11.9. The Labute approximate surface area is 115 Å². The summed E-state index contributed by atoms with van der Waals surface area (Å²) in [5, 5.41) is 9.74. The largest absolute Gasteiger partial charge is 0.389 e. The topological polar surface area (TPSA) is 23.5 Å². The molecule has 0 unspecified atom stereocenters. The quantitative estimate of drug-likeness (QED) is 0.768. The molecule has 0 aromatic heterocycles. The number of hydrogen-bond acceptors (Lipinski definition) is 3. The minimum Gasteiger partial charge on any atom is -0.389 e. The summed E-state index contributed by atoms with van der Waals surface area (Å²) in [6, 6.07) is 8.80. The maximum Gasteiger partial charge on any atom is 0.0718 e. The van der Waals surface area contributed by atoms with E-state index >= 15 is 0 Å². The Hall–Kier alpha value is -0.510. The van der Waals surface area contributed by atoms with Crippen molar-refractivity contribution in [3.63, 3.8) is 0 Å². The maximum absolute atomic E-state index is 9.74. The van der Waals surface area contributed by atoms with E-state index in [1.54, 1.807) is 0 Å². The summed E-state index contributed by atoms with van der Waals surface area (Å²) >= 11 is 1.87. The Morgan fingerprint density at radius 3 is 2.33 bits per heavy atom. The van der Waals surface area contributed by atoms with Gasteiger partial charge in [0.1, 0.15) is 0 Å². The maximum atomic E-state index is 9.74. The number of aliphatic hydroxyl groups is 1. The molecule has 18 heavy (non-hydrogen) atoms. The first-order valence-electron chi connectivity index (χ1n) is 6.53. The third-order valence-electron chi connectivity index (χ3n) is 2.67. The molecule has 0 bridgehead atoms. The molecule has 0 heterocycles. The van der Waals surface area contributed by atoms with Crippen molar-refractivity contribution >= 4 is 11.8 Å². The van der Waals surface area contributed by atoms with E-state index in [1.807, 2.05) is 25.6 Å². The van der Waals surface area contributed by atoms with Crippen LogP contribution in [-0.2, 0) is 6.42 Å². The van der Waals surface area contributed by atoms with Crippen LogP contribution in [0.4, 0.5) is 0 Å². The highest BCUT2D eigenvalue weighted by Crippen LogP contribution is 2.18. The van der Waals surface area contributed by atoms with Crippen LogP contribution in [-0.4, -0.2) is 41.5 Å². The second-order valence-corrected chi connectivity index (χ2v) is 6.71. The van der Waals surface area contributed by atoms with Gasteiger partial charge in [-0.3, -0.25) is 0 Å². The lowest BCUT2D eigenvalue weighted by Crippen LogP contribution is -2.37. The normalized spacial score (nSPS) is 12.1. The number of rotatable bonds is 7. The summed E-state index contributed by atoms with van der Waals surface area (Å²) in [7, 11) is 2.05. The number of hydrogen-bond donors (Lipinski definition) is 1. The molecule has 0 aliphatic carbocycles. The summed E-state index contributed by atoms with van der Waals surface area (Å²) in [6.07, 6.45) is 1.03. The van der Waals surface area contributed by atoms with E-state index in [1.165, 1.54) is 10.5 Å². The Morgan fingerprint density at radius 1 is 1.22 bits per heavy atom. The third kappa shape index (κ3) is 6.43. The Kier molecular flexibility index (Phi) is 6.19. The van der Waals surface area contributed by atoms with Crippen LogP contribution >= 0.6 is 11.8 Å². The second kappa shape index (κ2) is 7.17. The molecule has 1 rings (SSSR count). The van der Waals surface area contributed by atoms with Gasteiger partial charge in [0.2, 0.25) is 0 Å². The van der Waals surface area contributed by atoms with Crippen molar-refractivity contribution in [2.75, 3.05) is 25.9 Å². The molecule has 0 spiro atoms. The van der Waals surface area contributed by atoms with Gasteiger partial charge in [-0.05, 0) is 50.8 Å². The number of thioether (sulfide) groups is 1. The van der Waals surface area contributed by atoms with Crippen molar-refractivity contribution < 1.29 is 5.11 Å². The summed E-state index contributed by atoms with van der Waals surface area (Å²) in [6.45, 7) is 7.55. The molecule has 1 aromatic rings. The molecule has 0 saturated heterocycles. The zero-order chi connectivity index (χ0) is 13.6. The van der Waals surface area contributed by atoms with Gasteiger partial charge < -0.3 is 10.0 Å². The van der Waals surface area contributed by atoms with Gasteiger partial charge in [0.15, 0.2) is 0 Å². The highest BCUT2D eigenvalue weighted by atomic mass is 32.2. The van der Waals surface area contributed by atoms with E-state index in [9.17, 15) is 5.11 Å². The molecule has 1 N–H and O–H groups in total. The van der Waals surface area contributed by atoms with Crippen LogP contribution in [0, 0.1) is 0 Å². The lowest BCUT2D eigenvalue weighted by atomic mass is 10.1. The first-order valence-corrected chi connectivity index (χ1v) is 7.52. The van der Waals surface area contributed by atoms with Crippen molar-refractivity contribution in [1.29, 1.82) is 0 Å². The highest BCUT2D eigenvalue weighted by molar-refractivity contribution is 7.99. The first kappa shape index (κ1) is 15.5. The number of likely N-dealkylation sites (N-methyl/N-ethyl adjacent to an activating group) is 1. The number of nitrogens with zero attached hydrogens (tertiary/aromatic N) is 1. The van der Waals surface area contributed by atoms with Crippen LogP contribution < -0.4 is 0 Å². The lowest BCUT2D eigenvalue weighted by molar-refractivity contribution is 0.0450. The molecule has 0 amide bonds. The molecule has 0 radical (unpaired) electrons. The molecule has 3 heteroatoms. The smallest absolute Gasteiger partial charge is 0.0718 e. The van der Waals surface area contributed by atoms with Crippen LogP contribution in [0.2, 0.25) is 0 Å². The van der Waals surface area contributed by atoms with Gasteiger partial charge in [-0.1, -0.05) is 19.1 Å². The molecule has 102 valence electrons. The van der Waals surface area contributed by atoms with Crippen molar-refractivity contribution in [1.82, 2.24) is 4.90 Å². The van der Waals surface area contributed by atoms with E-state index in [-0.39, 0.29) is 0 Å². The summed E-state index contributed by atoms with van der Waals surface area (Å²) in [5.74, 6) is 1.12. The van der Waals surface area contributed by atoms with Crippen molar-refractivity contribution in [2.45, 2.75) is 37.7 Å². The van der Waals surface area contributed by atoms with E-state index in [0.29, 0.717) is 6.54 Å². The Bertz CT molecular complexity index is 343. The minimum absolute atomic E-state index is 0.615. The zero-order valence-corrected chi connectivity index (χ0v) is 12.8. The molecule has 2 nitrogen and oxygen atoms in total. The third-order valence-corrected chi connectivity index (χ3v) is 3.57. The fraction of sp³-hybridized carbons (Fsp3) is 0.600. The van der Waals surface area contributed by atoms with Crippen LogP contribution in [0.15, 0.2) is 29.2 Å². The average molecular weight is 267 g/mol. The number of benzene rings is 1. The molecule has 0 aliphatic rings. The Balaban J connectivity index is 2.39. The van der Waals surface area contributed by atoms with E-state index < -0.39 is 5.60 Å². The molecule has 0 aliphatic heterocycles. The van der Waals surface area contributed by atoms with Gasteiger partial charge in [-0.25, -0.2) is 0 Å². The molecular weight excluding hydrogens is 242 g/mol. The van der Waals surface area contributed by atoms with Gasteiger partial charge in [-0.2, -0.15) is 0 Å². The molecule has 0 atom stereocenters. The fourth-order valence-electron chi connectivity index (χ4n) is 1.98. The van der Waals surface area contributed by atoms with Crippen molar-refractivity contribution in [2.24, 2.45) is 0 Å². The first-order chi connectivity index (χ1) is 8.40. The monoisotopic (exact) mass is 267 g/mol. The van der Waals surface area contributed by atoms with Crippen LogP contribution in [0.1, 0.15) is 26.3 Å². The van der Waals surface area contributed by atoms with E-state index in [2.05, 4.69) is 43.1 Å². The summed E-state index contributed by atoms with van der Waals surface area (Å²) < 4.78 is 0. The summed E-state index contributed by atoms with van der Waals surface area (Å²) in [4.78, 5) is 3.51. The van der Waals surface area contributed by atoms with Crippen LogP contribution in [0.5, 0.6) is 0 Å². The van der Waals surface area contributed by atoms with Gasteiger partial charge in [0.05, 0.1) is 5.60 Å². The fourth-order valence-corrected chi connectivity index (χ4v) is 2.64. The van der Waals surface area contributed by atoms with Gasteiger partial charge in [0.25, 0.3) is 0 Å². The second-order valence-electron chi connectivity index (χ2n) is 5.38. The van der Waals surface area contributed by atoms with E-state index in [0.717, 1.165) is 18.7 Å².